The molecule has 316 valence electrons. The van der Waals surface area contributed by atoms with Crippen LogP contribution < -0.4 is 5.32 Å². The van der Waals surface area contributed by atoms with Crippen molar-refractivity contribution in [3.63, 3.8) is 0 Å². The lowest BCUT2D eigenvalue weighted by molar-refractivity contribution is -0.187. The Balaban J connectivity index is -0.000000182. The normalized spacial score (nSPS) is 11.3. The minimum Gasteiger partial charge on any atom is -0.393 e. The molecule has 51 heavy (non-hydrogen) atoms. The van der Waals surface area contributed by atoms with Crippen LogP contribution in [-0.2, 0) is 14.2 Å². The largest absolute Gasteiger partial charge is 0.393 e. The molecule has 0 radical (unpaired) electrons. The topological polar surface area (TPSA) is 60.0 Å². The molecular formula is C46H103NO4. The van der Waals surface area contributed by atoms with Gasteiger partial charge >= 0.3 is 0 Å². The first-order chi connectivity index (χ1) is 24.7. The second-order valence-corrected chi connectivity index (χ2v) is 14.0. The van der Waals surface area contributed by atoms with E-state index >= 15 is 0 Å². The molecular weight excluding hydrogens is 631 g/mol. The molecule has 0 aromatic rings. The number of rotatable bonds is 31. The minimum atomic E-state index is -0.237. The molecule has 5 nitrogen and oxygen atoms in total. The van der Waals surface area contributed by atoms with Gasteiger partial charge in [-0.3, -0.25) is 0 Å². The summed E-state index contributed by atoms with van der Waals surface area (Å²) in [6.45, 7) is 25.1. The van der Waals surface area contributed by atoms with Gasteiger partial charge in [0, 0.05) is 20.1 Å². The molecule has 0 saturated carbocycles. The summed E-state index contributed by atoms with van der Waals surface area (Å²) in [6, 6.07) is 0. The molecule has 0 aliphatic rings. The van der Waals surface area contributed by atoms with Crippen molar-refractivity contribution in [2.24, 2.45) is 5.92 Å². The molecule has 0 aliphatic heterocycles. The third kappa shape index (κ3) is 75.4. The number of methoxy groups -OCH3 is 1. The number of hydrogen-bond acceptors (Lipinski definition) is 5. The first-order valence-electron chi connectivity index (χ1n) is 22.3. The molecule has 0 amide bonds. The molecule has 0 bridgehead atoms. The van der Waals surface area contributed by atoms with Gasteiger partial charge in [-0.2, -0.15) is 0 Å². The van der Waals surface area contributed by atoms with Gasteiger partial charge in [-0.1, -0.05) is 196 Å². The Bertz CT molecular complexity index is 513. The molecule has 0 aromatic heterocycles. The van der Waals surface area contributed by atoms with Crippen molar-refractivity contribution in [1.82, 2.24) is 5.32 Å². The summed E-state index contributed by atoms with van der Waals surface area (Å²) in [7, 11) is 7.00. The lowest BCUT2D eigenvalue weighted by Crippen LogP contribution is -2.28. The van der Waals surface area contributed by atoms with Crippen LogP contribution in [0.2, 0.25) is 0 Å². The van der Waals surface area contributed by atoms with Crippen molar-refractivity contribution in [3.05, 3.63) is 12.7 Å². The van der Waals surface area contributed by atoms with E-state index in [1.807, 2.05) is 61.7 Å². The number of aliphatic hydroxyl groups is 1. The maximum atomic E-state index is 10.1. The zero-order valence-electron chi connectivity index (χ0n) is 38.2. The van der Waals surface area contributed by atoms with Gasteiger partial charge in [0.15, 0.2) is 6.29 Å². The first-order valence-corrected chi connectivity index (χ1v) is 22.3. The van der Waals surface area contributed by atoms with Gasteiger partial charge in [-0.25, -0.2) is 0 Å². The van der Waals surface area contributed by atoms with Crippen LogP contribution in [-0.4, -0.2) is 58.5 Å². The lowest BCUT2D eigenvalue weighted by Gasteiger charge is -2.24. The SMILES string of the molecule is C=CCCCCCCCCCCC.CC.CC.CCCCCCCCCCCCCCCC(O)CCOC(OC(C)C)C(C)C.CNC.COC. The smallest absolute Gasteiger partial charge is 0.160 e. The Labute approximate surface area is 325 Å². The molecule has 0 rings (SSSR count). The number of nitrogens with one attached hydrogen (secondary N) is 1. The molecule has 2 atom stereocenters. The fourth-order valence-electron chi connectivity index (χ4n) is 5.12. The maximum absolute atomic E-state index is 10.1. The van der Waals surface area contributed by atoms with Crippen molar-refractivity contribution in [2.45, 2.75) is 248 Å². The molecule has 0 aliphatic carbocycles. The van der Waals surface area contributed by atoms with Gasteiger partial charge in [-0.15, -0.1) is 6.58 Å². The van der Waals surface area contributed by atoms with Crippen LogP contribution in [0, 0.1) is 5.92 Å². The highest BCUT2D eigenvalue weighted by Gasteiger charge is 2.16. The second-order valence-electron chi connectivity index (χ2n) is 14.0. The van der Waals surface area contributed by atoms with E-state index in [9.17, 15) is 5.11 Å². The molecule has 0 saturated heterocycles. The highest BCUT2D eigenvalue weighted by Crippen LogP contribution is 2.16. The third-order valence-corrected chi connectivity index (χ3v) is 7.84. The summed E-state index contributed by atoms with van der Waals surface area (Å²) >= 11 is 0. The van der Waals surface area contributed by atoms with E-state index in [1.54, 1.807) is 14.2 Å². The van der Waals surface area contributed by atoms with E-state index < -0.39 is 0 Å². The van der Waals surface area contributed by atoms with Gasteiger partial charge in [0.1, 0.15) is 0 Å². The van der Waals surface area contributed by atoms with E-state index in [1.165, 1.54) is 141 Å². The highest BCUT2D eigenvalue weighted by molar-refractivity contribution is 4.65. The average Bonchev–Trinajstić information content (AvgIpc) is 3.11. The van der Waals surface area contributed by atoms with Crippen molar-refractivity contribution in [3.8, 4) is 0 Å². The number of allylic oxidation sites excluding steroid dienone is 1. The summed E-state index contributed by atoms with van der Waals surface area (Å²) in [6.07, 6.45) is 35.1. The van der Waals surface area contributed by atoms with Gasteiger partial charge in [0.05, 0.1) is 18.8 Å². The van der Waals surface area contributed by atoms with E-state index in [4.69, 9.17) is 9.47 Å². The van der Waals surface area contributed by atoms with Gasteiger partial charge < -0.3 is 24.6 Å². The number of unbranched alkanes of at least 4 members (excludes halogenated alkanes) is 21. The van der Waals surface area contributed by atoms with Crippen molar-refractivity contribution in [1.29, 1.82) is 0 Å². The Morgan fingerprint density at radius 2 is 0.882 bits per heavy atom. The van der Waals surface area contributed by atoms with Crippen molar-refractivity contribution < 1.29 is 19.3 Å². The highest BCUT2D eigenvalue weighted by atomic mass is 16.7. The van der Waals surface area contributed by atoms with Crippen LogP contribution in [0.15, 0.2) is 12.7 Å². The molecule has 2 unspecified atom stereocenters. The predicted molar refractivity (Wildman–Crippen MR) is 234 cm³/mol. The first kappa shape index (κ1) is 62.5. The molecule has 0 fully saturated rings. The standard InChI is InChI=1S/C25H52O3.C13H26.C2H7N.C2H6O.2C2H6/c1-6-7-8-9-10-11-12-13-14-15-16-17-18-19-24(26)20-21-27-25(22(2)3)28-23(4)5;1-3-5-7-9-11-13-12-10-8-6-4-2;2*1-3-2;2*1-2/h22-26H,6-21H2,1-5H3;3H,1,4-13H2,2H3;3H,1-2H3;1-2H3;2*1-2H3. The Kier molecular flexibility index (Phi) is 79.1. The maximum Gasteiger partial charge on any atom is 0.160 e. The summed E-state index contributed by atoms with van der Waals surface area (Å²) in [5.74, 6) is 0.334. The van der Waals surface area contributed by atoms with Crippen molar-refractivity contribution in [2.75, 3.05) is 34.9 Å². The van der Waals surface area contributed by atoms with Crippen LogP contribution in [0.3, 0.4) is 0 Å². The quantitative estimate of drug-likeness (QED) is 0.0422. The van der Waals surface area contributed by atoms with Crippen LogP contribution in [0.4, 0.5) is 0 Å². The van der Waals surface area contributed by atoms with Crippen LogP contribution in [0.1, 0.15) is 230 Å². The van der Waals surface area contributed by atoms with Crippen LogP contribution in [0.25, 0.3) is 0 Å². The molecule has 0 heterocycles. The number of aliphatic hydroxyl groups excluding tert-OH is 1. The molecule has 5 heteroatoms. The Morgan fingerprint density at radius 1 is 0.569 bits per heavy atom. The Morgan fingerprint density at radius 3 is 1.18 bits per heavy atom. The van der Waals surface area contributed by atoms with E-state index in [0.29, 0.717) is 18.9 Å². The molecule has 0 aromatic carbocycles. The second kappa shape index (κ2) is 64.5. The fraction of sp³-hybridized carbons (Fsp3) is 0.957. The lowest BCUT2D eigenvalue weighted by atomic mass is 10.0. The third-order valence-electron chi connectivity index (χ3n) is 7.84. The van der Waals surface area contributed by atoms with E-state index in [0.717, 1.165) is 12.8 Å². The summed E-state index contributed by atoms with van der Waals surface area (Å²) in [5.41, 5.74) is 0. The average molecular weight is 734 g/mol. The fourth-order valence-corrected chi connectivity index (χ4v) is 5.12. The summed E-state index contributed by atoms with van der Waals surface area (Å²) in [5, 5.41) is 12.9. The van der Waals surface area contributed by atoms with E-state index in [-0.39, 0.29) is 18.5 Å². The minimum absolute atomic E-state index is 0.163. The van der Waals surface area contributed by atoms with Gasteiger partial charge in [0.2, 0.25) is 0 Å². The van der Waals surface area contributed by atoms with Gasteiger partial charge in [0.25, 0.3) is 0 Å². The van der Waals surface area contributed by atoms with Crippen LogP contribution in [0.5, 0.6) is 0 Å². The monoisotopic (exact) mass is 734 g/mol. The zero-order valence-corrected chi connectivity index (χ0v) is 38.2. The van der Waals surface area contributed by atoms with Crippen molar-refractivity contribution >= 4 is 0 Å². The molecule has 0 spiro atoms. The number of hydrogen-bond donors (Lipinski definition) is 2. The molecule has 2 N–H and O–H groups in total. The van der Waals surface area contributed by atoms with Crippen LogP contribution >= 0.6 is 0 Å². The summed E-state index contributed by atoms with van der Waals surface area (Å²) < 4.78 is 15.8. The van der Waals surface area contributed by atoms with E-state index in [2.05, 4.69) is 44.3 Å². The predicted octanol–water partition coefficient (Wildman–Crippen LogP) is 14.9. The number of ether oxygens (including phenoxy) is 3. The Hall–Kier alpha value is -0.460. The summed E-state index contributed by atoms with van der Waals surface area (Å²) in [4.78, 5) is 0. The van der Waals surface area contributed by atoms with Gasteiger partial charge in [-0.05, 0) is 53.6 Å². The zero-order chi connectivity index (χ0) is 40.2.